The van der Waals surface area contributed by atoms with Crippen LogP contribution < -0.4 is 4.74 Å². The summed E-state index contributed by atoms with van der Waals surface area (Å²) < 4.78 is 6.13. The Morgan fingerprint density at radius 3 is 2.78 bits per heavy atom. The molecule has 27 heavy (non-hydrogen) atoms. The maximum atomic E-state index is 11.2. The number of benzene rings is 1. The van der Waals surface area contributed by atoms with Crippen LogP contribution in [-0.2, 0) is 11.4 Å². The molecule has 2 unspecified atom stereocenters. The van der Waals surface area contributed by atoms with Gasteiger partial charge in [0.25, 0.3) is 0 Å². The monoisotopic (exact) mass is 383 g/mol. The summed E-state index contributed by atoms with van der Waals surface area (Å²) in [5, 5.41) is 10.3. The summed E-state index contributed by atoms with van der Waals surface area (Å²) in [6, 6.07) is 8.07. The summed E-state index contributed by atoms with van der Waals surface area (Å²) in [5.41, 5.74) is 4.52. The lowest BCUT2D eigenvalue weighted by molar-refractivity contribution is -0.138. The highest BCUT2D eigenvalue weighted by Crippen LogP contribution is 2.49. The van der Waals surface area contributed by atoms with Gasteiger partial charge in [0, 0.05) is 17.5 Å². The zero-order valence-electron chi connectivity index (χ0n) is 15.8. The molecule has 0 spiro atoms. The number of ether oxygens (including phenoxy) is 1. The van der Waals surface area contributed by atoms with E-state index < -0.39 is 5.97 Å². The molecule has 0 radical (unpaired) electrons. The van der Waals surface area contributed by atoms with Crippen molar-refractivity contribution in [1.29, 1.82) is 0 Å². The number of rotatable bonds is 8. The molecule has 2 aliphatic rings. The van der Waals surface area contributed by atoms with Gasteiger partial charge in [-0.3, -0.25) is 4.79 Å². The average molecular weight is 384 g/mol. The number of aromatic nitrogens is 1. The third-order valence-corrected chi connectivity index (χ3v) is 6.95. The van der Waals surface area contributed by atoms with E-state index in [0.717, 1.165) is 51.1 Å². The molecule has 1 aromatic heterocycles. The lowest BCUT2D eigenvalue weighted by atomic mass is 9.98. The van der Waals surface area contributed by atoms with Gasteiger partial charge in [0.2, 0.25) is 0 Å². The summed E-state index contributed by atoms with van der Waals surface area (Å²) in [7, 11) is 0. The molecule has 2 fully saturated rings. The molecule has 2 aromatic rings. The predicted molar refractivity (Wildman–Crippen MR) is 106 cm³/mol. The average Bonchev–Trinajstić information content (AvgIpc) is 3.55. The van der Waals surface area contributed by atoms with Crippen molar-refractivity contribution < 1.29 is 14.6 Å². The SMILES string of the molecule is Cc1c(OCc2cccnc2SCC2CC2)ccc(C2CC2C(=O)O)c1C. The van der Waals surface area contributed by atoms with Gasteiger partial charge in [-0.05, 0) is 73.8 Å². The number of carboxylic acid groups (broad SMARTS) is 1. The predicted octanol–water partition coefficient (Wildman–Crippen LogP) is 4.97. The van der Waals surface area contributed by atoms with E-state index in [1.807, 2.05) is 36.2 Å². The first-order valence-corrected chi connectivity index (χ1v) is 10.6. The Morgan fingerprint density at radius 2 is 2.07 bits per heavy atom. The highest BCUT2D eigenvalue weighted by atomic mass is 32.2. The molecular formula is C22H25NO3S. The number of aliphatic carboxylic acids is 1. The van der Waals surface area contributed by atoms with Gasteiger partial charge in [0.15, 0.2) is 0 Å². The molecule has 0 saturated heterocycles. The highest BCUT2D eigenvalue weighted by Gasteiger charge is 2.45. The van der Waals surface area contributed by atoms with E-state index in [2.05, 4.69) is 24.9 Å². The fraction of sp³-hybridized carbons (Fsp3) is 0.455. The summed E-state index contributed by atoms with van der Waals surface area (Å²) in [6.45, 7) is 4.62. The van der Waals surface area contributed by atoms with Gasteiger partial charge >= 0.3 is 5.97 Å². The Balaban J connectivity index is 1.44. The molecule has 2 saturated carbocycles. The van der Waals surface area contributed by atoms with Crippen LogP contribution in [0.2, 0.25) is 0 Å². The first kappa shape index (κ1) is 18.4. The normalized spacial score (nSPS) is 21.1. The summed E-state index contributed by atoms with van der Waals surface area (Å²) >= 11 is 1.83. The van der Waals surface area contributed by atoms with Crippen molar-refractivity contribution in [2.24, 2.45) is 11.8 Å². The molecule has 1 heterocycles. The second-order valence-corrected chi connectivity index (χ2v) is 8.71. The largest absolute Gasteiger partial charge is 0.489 e. The van der Waals surface area contributed by atoms with E-state index in [0.29, 0.717) is 6.61 Å². The summed E-state index contributed by atoms with van der Waals surface area (Å²) in [5.74, 6) is 2.11. The Labute approximate surface area is 164 Å². The summed E-state index contributed by atoms with van der Waals surface area (Å²) in [6.07, 6.45) is 5.28. The molecule has 142 valence electrons. The van der Waals surface area contributed by atoms with E-state index in [1.165, 1.54) is 12.8 Å². The second-order valence-electron chi connectivity index (χ2n) is 7.70. The van der Waals surface area contributed by atoms with Crippen LogP contribution in [0, 0.1) is 25.7 Å². The molecule has 0 amide bonds. The van der Waals surface area contributed by atoms with Crippen molar-refractivity contribution in [3.05, 3.63) is 52.7 Å². The van der Waals surface area contributed by atoms with E-state index in [-0.39, 0.29) is 11.8 Å². The molecule has 2 atom stereocenters. The van der Waals surface area contributed by atoms with Crippen LogP contribution in [0.4, 0.5) is 0 Å². The van der Waals surface area contributed by atoms with Crippen molar-refractivity contribution in [3.8, 4) is 5.75 Å². The quantitative estimate of drug-likeness (QED) is 0.652. The Kier molecular flexibility index (Phi) is 5.13. The van der Waals surface area contributed by atoms with Gasteiger partial charge in [-0.1, -0.05) is 12.1 Å². The lowest BCUT2D eigenvalue weighted by Gasteiger charge is -2.15. The van der Waals surface area contributed by atoms with Gasteiger partial charge < -0.3 is 9.84 Å². The number of carboxylic acids is 1. The van der Waals surface area contributed by atoms with Crippen LogP contribution >= 0.6 is 11.8 Å². The first-order valence-electron chi connectivity index (χ1n) is 9.57. The minimum absolute atomic E-state index is 0.152. The van der Waals surface area contributed by atoms with Gasteiger partial charge in [-0.25, -0.2) is 4.98 Å². The standard InChI is InChI=1S/C22H25NO3S/c1-13-14(2)20(8-7-17(13)18-10-19(18)22(24)25)26-11-16-4-3-9-23-21(16)27-12-15-5-6-15/h3-4,7-9,15,18-19H,5-6,10-12H2,1-2H3,(H,24,25). The fourth-order valence-electron chi connectivity index (χ4n) is 3.49. The molecule has 0 aliphatic heterocycles. The Bertz CT molecular complexity index is 863. The van der Waals surface area contributed by atoms with Crippen molar-refractivity contribution in [1.82, 2.24) is 4.98 Å². The van der Waals surface area contributed by atoms with E-state index >= 15 is 0 Å². The van der Waals surface area contributed by atoms with Crippen molar-refractivity contribution in [3.63, 3.8) is 0 Å². The van der Waals surface area contributed by atoms with E-state index in [4.69, 9.17) is 4.74 Å². The molecule has 4 nitrogen and oxygen atoms in total. The molecule has 1 N–H and O–H groups in total. The third kappa shape index (κ3) is 4.13. The fourth-order valence-corrected chi connectivity index (χ4v) is 4.66. The van der Waals surface area contributed by atoms with E-state index in [1.54, 1.807) is 0 Å². The smallest absolute Gasteiger partial charge is 0.307 e. The zero-order chi connectivity index (χ0) is 19.0. The molecule has 1 aromatic carbocycles. The molecular weight excluding hydrogens is 358 g/mol. The van der Waals surface area contributed by atoms with E-state index in [9.17, 15) is 9.90 Å². The van der Waals surface area contributed by atoms with Gasteiger partial charge in [-0.2, -0.15) is 0 Å². The van der Waals surface area contributed by atoms with Crippen LogP contribution in [0.1, 0.15) is 47.4 Å². The second kappa shape index (κ2) is 7.55. The number of hydrogen-bond acceptors (Lipinski definition) is 4. The first-order chi connectivity index (χ1) is 13.0. The number of carbonyl (C=O) groups is 1. The zero-order valence-corrected chi connectivity index (χ0v) is 16.6. The molecule has 2 aliphatic carbocycles. The van der Waals surface area contributed by atoms with Crippen LogP contribution in [0.3, 0.4) is 0 Å². The van der Waals surface area contributed by atoms with Crippen molar-refractivity contribution in [2.75, 3.05) is 5.75 Å². The van der Waals surface area contributed by atoms with Gasteiger partial charge in [0.1, 0.15) is 17.4 Å². The lowest BCUT2D eigenvalue weighted by Crippen LogP contribution is -2.03. The number of nitrogens with zero attached hydrogens (tertiary/aromatic N) is 1. The maximum Gasteiger partial charge on any atom is 0.307 e. The number of pyridine rings is 1. The molecule has 5 heteroatoms. The summed E-state index contributed by atoms with van der Waals surface area (Å²) in [4.78, 5) is 15.7. The van der Waals surface area contributed by atoms with Crippen molar-refractivity contribution in [2.45, 2.75) is 50.7 Å². The Hall–Kier alpha value is -2.01. The van der Waals surface area contributed by atoms with Gasteiger partial charge in [0.05, 0.1) is 5.92 Å². The third-order valence-electron chi connectivity index (χ3n) is 5.67. The number of thioether (sulfide) groups is 1. The highest BCUT2D eigenvalue weighted by molar-refractivity contribution is 7.99. The topological polar surface area (TPSA) is 59.4 Å². The van der Waals surface area contributed by atoms with Crippen molar-refractivity contribution >= 4 is 17.7 Å². The minimum atomic E-state index is -0.690. The van der Waals surface area contributed by atoms with Gasteiger partial charge in [-0.15, -0.1) is 11.8 Å². The number of hydrogen-bond donors (Lipinski definition) is 1. The van der Waals surface area contributed by atoms with Crippen LogP contribution in [-0.4, -0.2) is 21.8 Å². The van der Waals surface area contributed by atoms with Crippen LogP contribution in [0.15, 0.2) is 35.5 Å². The molecule has 4 rings (SSSR count). The Morgan fingerprint density at radius 1 is 1.26 bits per heavy atom. The van der Waals surface area contributed by atoms with Crippen LogP contribution in [0.25, 0.3) is 0 Å². The maximum absolute atomic E-state index is 11.2. The minimum Gasteiger partial charge on any atom is -0.489 e. The van der Waals surface area contributed by atoms with Crippen LogP contribution in [0.5, 0.6) is 5.75 Å². The molecule has 0 bridgehead atoms.